The molecule has 1 heterocycles. The summed E-state index contributed by atoms with van der Waals surface area (Å²) in [7, 11) is 0. The third kappa shape index (κ3) is 3.15. The van der Waals surface area contributed by atoms with E-state index in [1.165, 1.54) is 12.4 Å². The molecule has 90 valence electrons. The van der Waals surface area contributed by atoms with E-state index < -0.39 is 11.2 Å². The number of aromatic nitrogens is 2. The number of hydrogen-bond acceptors (Lipinski definition) is 3. The molecule has 2 aromatic rings. The molecule has 0 radical (unpaired) electrons. The fourth-order valence-electron chi connectivity index (χ4n) is 1.34. The minimum absolute atomic E-state index is 0.160. The molecule has 5 heteroatoms. The van der Waals surface area contributed by atoms with Crippen LogP contribution in [0, 0.1) is 0 Å². The lowest BCUT2D eigenvalue weighted by atomic mass is 10.2. The van der Waals surface area contributed by atoms with E-state index in [-0.39, 0.29) is 5.69 Å². The van der Waals surface area contributed by atoms with Crippen LogP contribution in [-0.2, 0) is 0 Å². The SMILES string of the molecule is O=c1[nH]cc(N=CC=Cc2ccccc2)c(=O)[nH]1. The van der Waals surface area contributed by atoms with Crippen LogP contribution in [-0.4, -0.2) is 16.2 Å². The van der Waals surface area contributed by atoms with E-state index in [1.54, 1.807) is 6.08 Å². The van der Waals surface area contributed by atoms with Gasteiger partial charge in [0.1, 0.15) is 5.69 Å². The molecule has 1 aromatic carbocycles. The van der Waals surface area contributed by atoms with Crippen molar-refractivity contribution in [2.45, 2.75) is 0 Å². The van der Waals surface area contributed by atoms with Crippen molar-refractivity contribution >= 4 is 18.0 Å². The second-order valence-electron chi connectivity index (χ2n) is 3.51. The van der Waals surface area contributed by atoms with Gasteiger partial charge in [0.2, 0.25) is 0 Å². The van der Waals surface area contributed by atoms with E-state index in [0.717, 1.165) is 5.56 Å². The summed E-state index contributed by atoms with van der Waals surface area (Å²) in [6.07, 6.45) is 6.35. The molecule has 0 aliphatic heterocycles. The number of hydrogen-bond donors (Lipinski definition) is 2. The Labute approximate surface area is 103 Å². The highest BCUT2D eigenvalue weighted by Gasteiger charge is 1.94. The van der Waals surface area contributed by atoms with E-state index in [4.69, 9.17) is 0 Å². The molecular weight excluding hydrogens is 230 g/mol. The molecule has 0 aliphatic carbocycles. The van der Waals surface area contributed by atoms with Gasteiger partial charge in [0, 0.05) is 12.4 Å². The summed E-state index contributed by atoms with van der Waals surface area (Å²) in [6, 6.07) is 9.71. The van der Waals surface area contributed by atoms with Crippen molar-refractivity contribution in [1.82, 2.24) is 9.97 Å². The van der Waals surface area contributed by atoms with Crippen molar-refractivity contribution in [1.29, 1.82) is 0 Å². The maximum atomic E-state index is 11.3. The van der Waals surface area contributed by atoms with Gasteiger partial charge in [0.15, 0.2) is 0 Å². The molecule has 0 spiro atoms. The Balaban J connectivity index is 2.10. The summed E-state index contributed by atoms with van der Waals surface area (Å²) in [4.78, 5) is 30.5. The first-order valence-corrected chi connectivity index (χ1v) is 5.33. The maximum Gasteiger partial charge on any atom is 0.325 e. The Hall–Kier alpha value is -2.69. The van der Waals surface area contributed by atoms with Gasteiger partial charge < -0.3 is 4.98 Å². The first kappa shape index (κ1) is 11.8. The molecular formula is C13H11N3O2. The second-order valence-corrected chi connectivity index (χ2v) is 3.51. The lowest BCUT2D eigenvalue weighted by molar-refractivity contribution is 1.03. The quantitative estimate of drug-likeness (QED) is 0.798. The second kappa shape index (κ2) is 5.58. The third-order valence-corrected chi connectivity index (χ3v) is 2.19. The fourth-order valence-corrected chi connectivity index (χ4v) is 1.34. The molecule has 5 nitrogen and oxygen atoms in total. The monoisotopic (exact) mass is 241 g/mol. The van der Waals surface area contributed by atoms with Gasteiger partial charge in [0.25, 0.3) is 5.56 Å². The minimum atomic E-state index is -0.543. The Kier molecular flexibility index (Phi) is 3.66. The van der Waals surface area contributed by atoms with Gasteiger partial charge in [-0.15, -0.1) is 0 Å². The predicted molar refractivity (Wildman–Crippen MR) is 71.3 cm³/mol. The number of benzene rings is 1. The van der Waals surface area contributed by atoms with Gasteiger partial charge in [0.05, 0.1) is 0 Å². The van der Waals surface area contributed by atoms with Gasteiger partial charge in [-0.05, 0) is 11.6 Å². The van der Waals surface area contributed by atoms with Crippen LogP contribution in [0.4, 0.5) is 5.69 Å². The van der Waals surface area contributed by atoms with Crippen LogP contribution in [0.5, 0.6) is 0 Å². The summed E-state index contributed by atoms with van der Waals surface area (Å²) < 4.78 is 0. The van der Waals surface area contributed by atoms with Gasteiger partial charge in [-0.1, -0.05) is 36.4 Å². The van der Waals surface area contributed by atoms with Crippen molar-refractivity contribution in [3.05, 3.63) is 69.0 Å². The van der Waals surface area contributed by atoms with Crippen LogP contribution in [0.1, 0.15) is 5.56 Å². The lowest BCUT2D eigenvalue weighted by Crippen LogP contribution is -2.20. The van der Waals surface area contributed by atoms with Crippen LogP contribution < -0.4 is 11.2 Å². The molecule has 0 saturated carbocycles. The van der Waals surface area contributed by atoms with Crippen LogP contribution in [0.2, 0.25) is 0 Å². The summed E-state index contributed by atoms with van der Waals surface area (Å²) in [5, 5.41) is 0. The van der Waals surface area contributed by atoms with Gasteiger partial charge in [-0.3, -0.25) is 9.78 Å². The minimum Gasteiger partial charge on any atom is -0.312 e. The van der Waals surface area contributed by atoms with E-state index in [2.05, 4.69) is 15.0 Å². The molecule has 2 rings (SSSR count). The number of allylic oxidation sites excluding steroid dienone is 1. The number of nitrogens with one attached hydrogen (secondary N) is 2. The summed E-state index contributed by atoms with van der Waals surface area (Å²) in [5.41, 5.74) is 0.147. The fraction of sp³-hybridized carbons (Fsp3) is 0. The molecule has 0 amide bonds. The predicted octanol–water partition coefficient (Wildman–Crippen LogP) is 1.48. The van der Waals surface area contributed by atoms with Crippen molar-refractivity contribution in [3.63, 3.8) is 0 Å². The molecule has 0 aliphatic rings. The number of H-pyrrole nitrogens is 2. The summed E-state index contributed by atoms with van der Waals surface area (Å²) in [5.74, 6) is 0. The van der Waals surface area contributed by atoms with E-state index in [0.29, 0.717) is 0 Å². The van der Waals surface area contributed by atoms with Gasteiger partial charge in [-0.2, -0.15) is 0 Å². The highest BCUT2D eigenvalue weighted by Crippen LogP contribution is 2.01. The molecule has 2 N–H and O–H groups in total. The number of aromatic amines is 2. The Morgan fingerprint density at radius 3 is 2.61 bits per heavy atom. The molecule has 0 saturated heterocycles. The summed E-state index contributed by atoms with van der Waals surface area (Å²) in [6.45, 7) is 0. The molecule has 1 aromatic heterocycles. The summed E-state index contributed by atoms with van der Waals surface area (Å²) >= 11 is 0. The average Bonchev–Trinajstić information content (AvgIpc) is 2.38. The van der Waals surface area contributed by atoms with Gasteiger partial charge >= 0.3 is 5.69 Å². The average molecular weight is 241 g/mol. The van der Waals surface area contributed by atoms with Crippen molar-refractivity contribution in [2.75, 3.05) is 0 Å². The van der Waals surface area contributed by atoms with Crippen molar-refractivity contribution in [3.8, 4) is 0 Å². The normalized spacial score (nSPS) is 11.3. The standard InChI is InChI=1S/C13H11N3O2/c17-12-11(9-15-13(18)16-12)14-8-4-7-10-5-2-1-3-6-10/h1-9H,(H2,15,16,17,18). The zero-order chi connectivity index (χ0) is 12.8. The van der Waals surface area contributed by atoms with Gasteiger partial charge in [-0.25, -0.2) is 9.79 Å². The first-order valence-electron chi connectivity index (χ1n) is 5.33. The van der Waals surface area contributed by atoms with Crippen LogP contribution in [0.25, 0.3) is 6.08 Å². The lowest BCUT2D eigenvalue weighted by Gasteiger charge is -1.90. The van der Waals surface area contributed by atoms with E-state index in [9.17, 15) is 9.59 Å². The highest BCUT2D eigenvalue weighted by molar-refractivity contribution is 5.80. The molecule has 0 fully saturated rings. The Bertz CT molecular complexity index is 681. The molecule has 0 unspecified atom stereocenters. The number of aliphatic imine (C=N–C) groups is 1. The van der Waals surface area contributed by atoms with E-state index >= 15 is 0 Å². The van der Waals surface area contributed by atoms with Crippen LogP contribution in [0.15, 0.2) is 57.2 Å². The van der Waals surface area contributed by atoms with Crippen LogP contribution >= 0.6 is 0 Å². The number of nitrogens with zero attached hydrogens (tertiary/aromatic N) is 1. The molecule has 18 heavy (non-hydrogen) atoms. The molecule has 0 bridgehead atoms. The zero-order valence-corrected chi connectivity index (χ0v) is 9.46. The first-order chi connectivity index (χ1) is 8.75. The number of rotatable bonds is 3. The Morgan fingerprint density at radius 1 is 1.11 bits per heavy atom. The van der Waals surface area contributed by atoms with Crippen LogP contribution in [0.3, 0.4) is 0 Å². The largest absolute Gasteiger partial charge is 0.325 e. The zero-order valence-electron chi connectivity index (χ0n) is 9.46. The highest BCUT2D eigenvalue weighted by atomic mass is 16.2. The van der Waals surface area contributed by atoms with E-state index in [1.807, 2.05) is 36.4 Å². The topological polar surface area (TPSA) is 78.1 Å². The Morgan fingerprint density at radius 2 is 1.89 bits per heavy atom. The smallest absolute Gasteiger partial charge is 0.312 e. The maximum absolute atomic E-state index is 11.3. The third-order valence-electron chi connectivity index (χ3n) is 2.19. The van der Waals surface area contributed by atoms with Crippen molar-refractivity contribution in [2.24, 2.45) is 4.99 Å². The molecule has 0 atom stereocenters. The van der Waals surface area contributed by atoms with Crippen molar-refractivity contribution < 1.29 is 0 Å².